The van der Waals surface area contributed by atoms with Crippen LogP contribution in [0.3, 0.4) is 0 Å². The maximum absolute atomic E-state index is 7.30. The Kier molecular flexibility index (Phi) is 9.47. The van der Waals surface area contributed by atoms with Gasteiger partial charge < -0.3 is 9.64 Å². The Hall–Kier alpha value is -9.24. The summed E-state index contributed by atoms with van der Waals surface area (Å²) in [6.07, 6.45) is 0. The molecule has 0 saturated carbocycles. The van der Waals surface area contributed by atoms with Crippen LogP contribution in [0.5, 0.6) is 11.5 Å². The van der Waals surface area contributed by atoms with E-state index >= 15 is 0 Å². The highest BCUT2D eigenvalue weighted by atomic mass is 16.5. The van der Waals surface area contributed by atoms with Gasteiger partial charge in [0.2, 0.25) is 0 Å². The topological polar surface area (TPSA) is 12.5 Å². The summed E-state index contributed by atoms with van der Waals surface area (Å²) in [5, 5.41) is 4.53. The molecule has 1 heterocycles. The molecule has 0 bridgehead atoms. The summed E-state index contributed by atoms with van der Waals surface area (Å²) < 4.78 is 7.30. The van der Waals surface area contributed by atoms with Gasteiger partial charge in [-0.25, -0.2) is 0 Å². The standard InChI is InChI=1S/C69H45NO/c1-4-20-46(21-5-1)51-28-18-29-54(43-51)70(55-44-52(47-22-6-2-7-23-47)42-53(45-55)48-24-8-3-9-25-48)65-37-17-15-32-58(65)59-34-19-36-62-66(59)60-33-14-16-35-61(60)69(62)63-40-38-49-26-10-12-30-56(49)67(63)71-68-57-31-13-11-27-50(57)39-41-64(68)69/h1-45H. The van der Waals surface area contributed by atoms with Crippen LogP contribution in [0.25, 0.3) is 77.2 Å². The van der Waals surface area contributed by atoms with Crippen LogP contribution in [0.15, 0.2) is 273 Å². The van der Waals surface area contributed by atoms with Gasteiger partial charge in [0.15, 0.2) is 0 Å². The minimum atomic E-state index is -0.674. The van der Waals surface area contributed by atoms with Crippen LogP contribution >= 0.6 is 0 Å². The van der Waals surface area contributed by atoms with Gasteiger partial charge in [0.1, 0.15) is 11.5 Å². The Labute approximate surface area is 414 Å². The molecule has 2 heteroatoms. The third kappa shape index (κ3) is 6.42. The lowest BCUT2D eigenvalue weighted by Gasteiger charge is -2.40. The first-order chi connectivity index (χ1) is 35.2. The van der Waals surface area contributed by atoms with Crippen molar-refractivity contribution in [1.82, 2.24) is 0 Å². The molecule has 1 spiro atoms. The zero-order valence-corrected chi connectivity index (χ0v) is 38.8. The molecule has 14 rings (SSSR count). The smallest absolute Gasteiger partial charge is 0.140 e. The van der Waals surface area contributed by atoms with Gasteiger partial charge in [-0.15, -0.1) is 0 Å². The highest BCUT2D eigenvalue weighted by molar-refractivity contribution is 6.04. The molecule has 0 aromatic heterocycles. The lowest BCUT2D eigenvalue weighted by atomic mass is 9.65. The molecule has 12 aromatic carbocycles. The molecule has 71 heavy (non-hydrogen) atoms. The van der Waals surface area contributed by atoms with Gasteiger partial charge >= 0.3 is 0 Å². The van der Waals surface area contributed by atoms with Crippen molar-refractivity contribution in [2.45, 2.75) is 5.41 Å². The molecule has 332 valence electrons. The van der Waals surface area contributed by atoms with Crippen LogP contribution in [0, 0.1) is 0 Å². The maximum atomic E-state index is 7.30. The first-order valence-electron chi connectivity index (χ1n) is 24.5. The van der Waals surface area contributed by atoms with E-state index in [1.165, 1.54) is 33.4 Å². The summed E-state index contributed by atoms with van der Waals surface area (Å²) in [7, 11) is 0. The molecule has 0 fully saturated rings. The number of hydrogen-bond acceptors (Lipinski definition) is 2. The summed E-state index contributed by atoms with van der Waals surface area (Å²) in [5.41, 5.74) is 19.1. The summed E-state index contributed by atoms with van der Waals surface area (Å²) in [6, 6.07) is 99.9. The number of hydrogen-bond donors (Lipinski definition) is 0. The molecule has 0 atom stereocenters. The van der Waals surface area contributed by atoms with Crippen molar-refractivity contribution in [2.75, 3.05) is 4.90 Å². The Morgan fingerprint density at radius 1 is 0.282 bits per heavy atom. The molecule has 1 aliphatic heterocycles. The fraction of sp³-hybridized carbons (Fsp3) is 0.0145. The SMILES string of the molecule is c1ccc(-c2cccc(N(c3cc(-c4ccccc4)cc(-c4ccccc4)c3)c3ccccc3-c3cccc4c3-c3ccccc3C43c4ccc5ccccc5c4Oc4c3ccc3ccccc43)c2)cc1. The Morgan fingerprint density at radius 3 is 1.38 bits per heavy atom. The van der Waals surface area contributed by atoms with Gasteiger partial charge in [-0.05, 0) is 108 Å². The van der Waals surface area contributed by atoms with E-state index < -0.39 is 5.41 Å². The van der Waals surface area contributed by atoms with Crippen LogP contribution in [0.1, 0.15) is 22.3 Å². The van der Waals surface area contributed by atoms with Crippen molar-refractivity contribution in [2.24, 2.45) is 0 Å². The van der Waals surface area contributed by atoms with E-state index in [0.717, 1.165) is 94.6 Å². The lowest BCUT2D eigenvalue weighted by Crippen LogP contribution is -2.32. The number of anilines is 3. The molecule has 0 unspecified atom stereocenters. The molecular formula is C69H45NO. The monoisotopic (exact) mass is 903 g/mol. The molecule has 0 saturated heterocycles. The fourth-order valence-electron chi connectivity index (χ4n) is 11.8. The molecule has 2 nitrogen and oxygen atoms in total. The Bertz CT molecular complexity index is 3880. The number of fused-ring (bicyclic) bond motifs is 13. The molecule has 0 N–H and O–H groups in total. The predicted molar refractivity (Wildman–Crippen MR) is 295 cm³/mol. The number of ether oxygens (including phenoxy) is 1. The first kappa shape index (κ1) is 40.8. The molecule has 0 radical (unpaired) electrons. The fourth-order valence-corrected chi connectivity index (χ4v) is 11.8. The molecule has 2 aliphatic rings. The van der Waals surface area contributed by atoms with Crippen LogP contribution in [0.2, 0.25) is 0 Å². The summed E-state index contributed by atoms with van der Waals surface area (Å²) in [5.74, 6) is 1.83. The zero-order chi connectivity index (χ0) is 46.9. The quantitative estimate of drug-likeness (QED) is 0.158. The predicted octanol–water partition coefficient (Wildman–Crippen LogP) is 18.6. The van der Waals surface area contributed by atoms with Gasteiger partial charge in [-0.2, -0.15) is 0 Å². The van der Waals surface area contributed by atoms with E-state index in [1.54, 1.807) is 0 Å². The third-order valence-electron chi connectivity index (χ3n) is 14.9. The number of rotatable bonds is 7. The number of para-hydroxylation sites is 1. The molecule has 12 aromatic rings. The lowest BCUT2D eigenvalue weighted by molar-refractivity contribution is 0.447. The second kappa shape index (κ2) is 16.5. The summed E-state index contributed by atoms with van der Waals surface area (Å²) in [4.78, 5) is 2.48. The first-order valence-corrected chi connectivity index (χ1v) is 24.5. The molecule has 1 aliphatic carbocycles. The van der Waals surface area contributed by atoms with E-state index in [0.29, 0.717) is 0 Å². The minimum absolute atomic E-state index is 0.674. The third-order valence-corrected chi connectivity index (χ3v) is 14.9. The Balaban J connectivity index is 1.05. The zero-order valence-electron chi connectivity index (χ0n) is 38.8. The Morgan fingerprint density at radius 2 is 0.746 bits per heavy atom. The second-order valence-electron chi connectivity index (χ2n) is 18.7. The average Bonchev–Trinajstić information content (AvgIpc) is 3.75. The van der Waals surface area contributed by atoms with Crippen LogP contribution in [-0.2, 0) is 5.41 Å². The van der Waals surface area contributed by atoms with Gasteiger partial charge in [-0.1, -0.05) is 237 Å². The summed E-state index contributed by atoms with van der Waals surface area (Å²) in [6.45, 7) is 0. The van der Waals surface area contributed by atoms with Gasteiger partial charge in [0, 0.05) is 38.8 Å². The maximum Gasteiger partial charge on any atom is 0.140 e. The van der Waals surface area contributed by atoms with E-state index in [9.17, 15) is 0 Å². The molecule has 0 amide bonds. The van der Waals surface area contributed by atoms with E-state index in [2.05, 4.69) is 278 Å². The van der Waals surface area contributed by atoms with Crippen LogP contribution in [0.4, 0.5) is 17.1 Å². The normalized spacial score (nSPS) is 12.7. The van der Waals surface area contributed by atoms with Crippen LogP contribution in [-0.4, -0.2) is 0 Å². The van der Waals surface area contributed by atoms with Gasteiger partial charge in [0.05, 0.1) is 11.1 Å². The van der Waals surface area contributed by atoms with Crippen molar-refractivity contribution >= 4 is 38.6 Å². The van der Waals surface area contributed by atoms with Crippen molar-refractivity contribution in [3.8, 4) is 67.1 Å². The van der Waals surface area contributed by atoms with Crippen molar-refractivity contribution in [3.05, 3.63) is 295 Å². The summed E-state index contributed by atoms with van der Waals surface area (Å²) >= 11 is 0. The highest BCUT2D eigenvalue weighted by Gasteiger charge is 2.52. The number of nitrogens with zero attached hydrogens (tertiary/aromatic N) is 1. The largest absolute Gasteiger partial charge is 0.455 e. The van der Waals surface area contributed by atoms with E-state index in [1.807, 2.05) is 0 Å². The molecular weight excluding hydrogens is 859 g/mol. The highest BCUT2D eigenvalue weighted by Crippen LogP contribution is 2.65. The minimum Gasteiger partial charge on any atom is -0.455 e. The van der Waals surface area contributed by atoms with Crippen molar-refractivity contribution < 1.29 is 4.74 Å². The van der Waals surface area contributed by atoms with Crippen LogP contribution < -0.4 is 9.64 Å². The van der Waals surface area contributed by atoms with Crippen molar-refractivity contribution in [1.29, 1.82) is 0 Å². The van der Waals surface area contributed by atoms with E-state index in [-0.39, 0.29) is 0 Å². The van der Waals surface area contributed by atoms with Crippen molar-refractivity contribution in [3.63, 3.8) is 0 Å². The average molecular weight is 904 g/mol. The van der Waals surface area contributed by atoms with Gasteiger partial charge in [0.25, 0.3) is 0 Å². The van der Waals surface area contributed by atoms with Gasteiger partial charge in [-0.3, -0.25) is 0 Å². The second-order valence-corrected chi connectivity index (χ2v) is 18.7. The van der Waals surface area contributed by atoms with E-state index in [4.69, 9.17) is 4.74 Å². The number of benzene rings is 12.